The molecule has 1 aliphatic carbocycles. The Hall–Kier alpha value is -3.75. The molecule has 9 heteroatoms. The molecule has 1 aliphatic heterocycles. The fourth-order valence-electron chi connectivity index (χ4n) is 4.44. The summed E-state index contributed by atoms with van der Waals surface area (Å²) < 4.78 is 19.7. The summed E-state index contributed by atoms with van der Waals surface area (Å²) in [5.41, 5.74) is 1.40. The molecule has 0 radical (unpaired) electrons. The molecule has 2 aliphatic rings. The number of aromatic nitrogens is 3. The maximum absolute atomic E-state index is 13.4. The highest BCUT2D eigenvalue weighted by molar-refractivity contribution is 5.95. The first-order chi connectivity index (χ1) is 14.9. The van der Waals surface area contributed by atoms with Crippen LogP contribution in [0.25, 0.3) is 11.3 Å². The number of anilines is 1. The van der Waals surface area contributed by atoms with Crippen LogP contribution in [0, 0.1) is 16.9 Å². The van der Waals surface area contributed by atoms with Crippen molar-refractivity contribution in [1.82, 2.24) is 10.2 Å². The number of ether oxygens (including phenoxy) is 1. The van der Waals surface area contributed by atoms with Gasteiger partial charge in [-0.2, -0.15) is 9.83 Å². The quantitative estimate of drug-likeness (QED) is 0.383. The predicted octanol–water partition coefficient (Wildman–Crippen LogP) is 3.04. The van der Waals surface area contributed by atoms with Gasteiger partial charge < -0.3 is 15.3 Å². The van der Waals surface area contributed by atoms with E-state index >= 15 is 0 Å². The number of hydrogen-bond donors (Lipinski definition) is 2. The molecular formula is C22H19FN4O4. The summed E-state index contributed by atoms with van der Waals surface area (Å²) in [7, 11) is 0. The number of esters is 1. The number of benzene rings is 1. The molecule has 1 aromatic carbocycles. The number of H-pyrrole nitrogens is 1. The topological polar surface area (TPSA) is 111 Å². The molecule has 0 atom stereocenters. The van der Waals surface area contributed by atoms with Crippen LogP contribution in [0.4, 0.5) is 10.2 Å². The fourth-order valence-corrected chi connectivity index (χ4v) is 4.44. The Morgan fingerprint density at radius 2 is 2.10 bits per heavy atom. The minimum atomic E-state index is -0.840. The van der Waals surface area contributed by atoms with Gasteiger partial charge in [0.15, 0.2) is 18.2 Å². The molecule has 1 fully saturated rings. The number of pyridine rings is 1. The van der Waals surface area contributed by atoms with E-state index in [0.717, 1.165) is 0 Å². The SMILES string of the molecule is O=C1OC2(CCC(C(=O)Nc3cc(-c4cccc(F)c4)[nH]n3)CC2)c2c[n+]([O-])ccc21. The van der Waals surface area contributed by atoms with Crippen molar-refractivity contribution in [3.8, 4) is 11.3 Å². The Balaban J connectivity index is 1.26. The maximum atomic E-state index is 13.4. The van der Waals surface area contributed by atoms with E-state index in [0.29, 0.717) is 58.6 Å². The number of nitrogens with one attached hydrogen (secondary N) is 2. The van der Waals surface area contributed by atoms with Crippen LogP contribution < -0.4 is 10.0 Å². The second-order valence-corrected chi connectivity index (χ2v) is 7.96. The van der Waals surface area contributed by atoms with E-state index in [4.69, 9.17) is 4.74 Å². The lowest BCUT2D eigenvalue weighted by atomic mass is 9.75. The lowest BCUT2D eigenvalue weighted by Gasteiger charge is -2.35. The van der Waals surface area contributed by atoms with Crippen molar-refractivity contribution in [2.24, 2.45) is 5.92 Å². The number of rotatable bonds is 3. The average Bonchev–Trinajstić information content (AvgIpc) is 3.32. The summed E-state index contributed by atoms with van der Waals surface area (Å²) in [4.78, 5) is 24.9. The van der Waals surface area contributed by atoms with Crippen molar-refractivity contribution >= 4 is 17.7 Å². The standard InChI is InChI=1S/C22H19FN4O4/c23-15-3-1-2-14(10-15)18-11-19(26-25-18)24-20(28)13-4-7-22(8-5-13)17-12-27(30)9-6-16(17)21(29)31-22/h1-3,6,9-13H,4-5,7-8H2,(H2,24,25,26,28). The van der Waals surface area contributed by atoms with Gasteiger partial charge >= 0.3 is 5.97 Å². The summed E-state index contributed by atoms with van der Waals surface area (Å²) in [6.07, 6.45) is 4.60. The second-order valence-electron chi connectivity index (χ2n) is 7.96. The van der Waals surface area contributed by atoms with Gasteiger partial charge in [0.1, 0.15) is 11.4 Å². The molecule has 3 aromatic rings. The van der Waals surface area contributed by atoms with Crippen LogP contribution in [0.1, 0.15) is 41.6 Å². The van der Waals surface area contributed by atoms with Crippen LogP contribution in [-0.2, 0) is 15.1 Å². The summed E-state index contributed by atoms with van der Waals surface area (Å²) in [6.45, 7) is 0. The molecule has 2 aromatic heterocycles. The van der Waals surface area contributed by atoms with Crippen molar-refractivity contribution in [3.05, 3.63) is 70.9 Å². The minimum absolute atomic E-state index is 0.177. The number of halogens is 1. The Labute approximate surface area is 176 Å². The lowest BCUT2D eigenvalue weighted by molar-refractivity contribution is -0.606. The molecule has 2 N–H and O–H groups in total. The van der Waals surface area contributed by atoms with E-state index in [1.54, 1.807) is 18.2 Å². The highest BCUT2D eigenvalue weighted by atomic mass is 19.1. The number of hydrogen-bond acceptors (Lipinski definition) is 5. The number of amides is 1. The third kappa shape index (κ3) is 3.41. The Morgan fingerprint density at radius 1 is 1.29 bits per heavy atom. The van der Waals surface area contributed by atoms with Crippen molar-refractivity contribution in [2.75, 3.05) is 5.32 Å². The third-order valence-corrected chi connectivity index (χ3v) is 6.06. The number of fused-ring (bicyclic) bond motifs is 2. The van der Waals surface area contributed by atoms with Crippen molar-refractivity contribution in [1.29, 1.82) is 0 Å². The monoisotopic (exact) mass is 422 g/mol. The highest BCUT2D eigenvalue weighted by Gasteiger charge is 2.50. The number of aromatic amines is 1. The Morgan fingerprint density at radius 3 is 2.87 bits per heavy atom. The molecule has 158 valence electrons. The van der Waals surface area contributed by atoms with Crippen LogP contribution in [0.15, 0.2) is 48.8 Å². The summed E-state index contributed by atoms with van der Waals surface area (Å²) in [6, 6.07) is 9.21. The first kappa shape index (κ1) is 19.2. The van der Waals surface area contributed by atoms with Gasteiger partial charge in [-0.05, 0) is 37.8 Å². The van der Waals surface area contributed by atoms with E-state index < -0.39 is 11.6 Å². The van der Waals surface area contributed by atoms with E-state index in [9.17, 15) is 19.2 Å². The molecule has 3 heterocycles. The zero-order chi connectivity index (χ0) is 21.6. The van der Waals surface area contributed by atoms with Gasteiger partial charge in [-0.15, -0.1) is 0 Å². The highest BCUT2D eigenvalue weighted by Crippen LogP contribution is 2.47. The minimum Gasteiger partial charge on any atom is -0.619 e. The van der Waals surface area contributed by atoms with Gasteiger partial charge in [-0.1, -0.05) is 12.1 Å². The van der Waals surface area contributed by atoms with Crippen molar-refractivity contribution in [2.45, 2.75) is 31.3 Å². The van der Waals surface area contributed by atoms with Gasteiger partial charge in [-0.25, -0.2) is 9.18 Å². The van der Waals surface area contributed by atoms with Gasteiger partial charge in [0.05, 0.1) is 16.8 Å². The molecule has 1 saturated carbocycles. The fraction of sp³-hybridized carbons (Fsp3) is 0.273. The van der Waals surface area contributed by atoms with E-state index in [1.165, 1.54) is 30.6 Å². The zero-order valence-corrected chi connectivity index (χ0v) is 16.4. The van der Waals surface area contributed by atoms with E-state index in [2.05, 4.69) is 15.5 Å². The van der Waals surface area contributed by atoms with Gasteiger partial charge in [0, 0.05) is 23.6 Å². The zero-order valence-electron chi connectivity index (χ0n) is 16.4. The molecule has 0 bridgehead atoms. The smallest absolute Gasteiger partial charge is 0.339 e. The van der Waals surface area contributed by atoms with E-state index in [1.807, 2.05) is 0 Å². The third-order valence-electron chi connectivity index (χ3n) is 6.06. The van der Waals surface area contributed by atoms with Crippen LogP contribution in [0.2, 0.25) is 0 Å². The van der Waals surface area contributed by atoms with Crippen LogP contribution in [-0.4, -0.2) is 22.1 Å². The van der Waals surface area contributed by atoms with Gasteiger partial charge in [0.25, 0.3) is 0 Å². The Kier molecular flexibility index (Phi) is 4.46. The van der Waals surface area contributed by atoms with Crippen molar-refractivity contribution in [3.63, 3.8) is 0 Å². The Bertz CT molecular complexity index is 1180. The molecule has 8 nitrogen and oxygen atoms in total. The summed E-state index contributed by atoms with van der Waals surface area (Å²) in [5.74, 6) is -0.880. The number of nitrogens with zero attached hydrogens (tertiary/aromatic N) is 2. The molecule has 1 spiro atoms. The number of carbonyl (C=O) groups excluding carboxylic acids is 2. The van der Waals surface area contributed by atoms with Gasteiger partial charge in [0.2, 0.25) is 5.91 Å². The molecular weight excluding hydrogens is 403 g/mol. The molecule has 0 unspecified atom stereocenters. The van der Waals surface area contributed by atoms with Crippen LogP contribution >= 0.6 is 0 Å². The molecule has 31 heavy (non-hydrogen) atoms. The van der Waals surface area contributed by atoms with Crippen LogP contribution in [0.3, 0.4) is 0 Å². The average molecular weight is 422 g/mol. The predicted molar refractivity (Wildman–Crippen MR) is 107 cm³/mol. The number of carbonyl (C=O) groups is 2. The van der Waals surface area contributed by atoms with Crippen molar-refractivity contribution < 1.29 is 23.4 Å². The molecule has 5 rings (SSSR count). The summed E-state index contributed by atoms with van der Waals surface area (Å²) >= 11 is 0. The van der Waals surface area contributed by atoms with Gasteiger partial charge in [-0.3, -0.25) is 9.89 Å². The second kappa shape index (κ2) is 7.19. The summed E-state index contributed by atoms with van der Waals surface area (Å²) in [5, 5.41) is 21.4. The first-order valence-corrected chi connectivity index (χ1v) is 10.0. The maximum Gasteiger partial charge on any atom is 0.339 e. The normalized spacial score (nSPS) is 22.2. The first-order valence-electron chi connectivity index (χ1n) is 10.0. The largest absolute Gasteiger partial charge is 0.619 e. The molecule has 0 saturated heterocycles. The molecule has 1 amide bonds. The van der Waals surface area contributed by atoms with E-state index in [-0.39, 0.29) is 17.6 Å². The lowest BCUT2D eigenvalue weighted by Crippen LogP contribution is -2.37. The van der Waals surface area contributed by atoms with Crippen LogP contribution in [0.5, 0.6) is 0 Å².